The number of hydrogen-bond acceptors (Lipinski definition) is 2. The molecule has 4 heteroatoms. The Labute approximate surface area is 87.9 Å². The Balaban J connectivity index is 2.29. The van der Waals surface area contributed by atoms with Gasteiger partial charge in [0.25, 0.3) is 6.54 Å². The summed E-state index contributed by atoms with van der Waals surface area (Å²) < 4.78 is 18.6. The molecule has 1 aliphatic heterocycles. The lowest BCUT2D eigenvalue weighted by molar-refractivity contribution is 0.211. The summed E-state index contributed by atoms with van der Waals surface area (Å²) in [7, 11) is 1.87. The van der Waals surface area contributed by atoms with Gasteiger partial charge >= 0.3 is 0 Å². The highest BCUT2D eigenvalue weighted by molar-refractivity contribution is 5.59. The van der Waals surface area contributed by atoms with Crippen molar-refractivity contribution in [3.63, 3.8) is 0 Å². The van der Waals surface area contributed by atoms with Crippen LogP contribution >= 0.6 is 0 Å². The standard InChI is InChI=1S/C11H11FN2O/c1-13-6-9-7-14(2)10-5-8(12)3-4-11(10)15-9/h3-5,9H,6-7H2,2H3/t9-/m1/s1. The third-order valence-electron chi connectivity index (χ3n) is 2.40. The van der Waals surface area contributed by atoms with Crippen LogP contribution in [-0.4, -0.2) is 26.2 Å². The molecule has 3 nitrogen and oxygen atoms in total. The van der Waals surface area contributed by atoms with Gasteiger partial charge in [-0.3, -0.25) is 0 Å². The maximum atomic E-state index is 13.0. The minimum absolute atomic E-state index is 0.120. The molecule has 0 N–H and O–H groups in total. The Kier molecular flexibility index (Phi) is 2.46. The predicted octanol–water partition coefficient (Wildman–Crippen LogP) is 1.94. The quantitative estimate of drug-likeness (QED) is 0.653. The monoisotopic (exact) mass is 206 g/mol. The van der Waals surface area contributed by atoms with Gasteiger partial charge in [0.15, 0.2) is 6.10 Å². The van der Waals surface area contributed by atoms with E-state index in [9.17, 15) is 4.39 Å². The first kappa shape index (κ1) is 9.78. The topological polar surface area (TPSA) is 16.8 Å². The molecule has 1 aromatic carbocycles. The van der Waals surface area contributed by atoms with Gasteiger partial charge in [-0.05, 0) is 12.1 Å². The highest BCUT2D eigenvalue weighted by Crippen LogP contribution is 2.32. The Morgan fingerprint density at radius 1 is 1.67 bits per heavy atom. The van der Waals surface area contributed by atoms with E-state index in [4.69, 9.17) is 11.3 Å². The summed E-state index contributed by atoms with van der Waals surface area (Å²) in [5, 5.41) is 0. The second-order valence-electron chi connectivity index (χ2n) is 3.57. The average Bonchev–Trinajstić information content (AvgIpc) is 2.20. The van der Waals surface area contributed by atoms with E-state index < -0.39 is 0 Å². The summed E-state index contributed by atoms with van der Waals surface area (Å²) in [6.07, 6.45) is -0.120. The maximum Gasteiger partial charge on any atom is 0.252 e. The van der Waals surface area contributed by atoms with Crippen LogP contribution in [0.3, 0.4) is 0 Å². The number of rotatable bonds is 1. The highest BCUT2D eigenvalue weighted by atomic mass is 19.1. The van der Waals surface area contributed by atoms with Gasteiger partial charge in [-0.25, -0.2) is 11.0 Å². The maximum absolute atomic E-state index is 13.0. The molecule has 2 rings (SSSR count). The molecule has 0 amide bonds. The molecule has 1 heterocycles. The van der Waals surface area contributed by atoms with Gasteiger partial charge in [-0.1, -0.05) is 0 Å². The van der Waals surface area contributed by atoms with Crippen molar-refractivity contribution in [2.45, 2.75) is 6.10 Å². The van der Waals surface area contributed by atoms with Gasteiger partial charge in [0, 0.05) is 13.1 Å². The van der Waals surface area contributed by atoms with Gasteiger partial charge < -0.3 is 14.5 Å². The van der Waals surface area contributed by atoms with E-state index >= 15 is 0 Å². The highest BCUT2D eigenvalue weighted by Gasteiger charge is 2.25. The SMILES string of the molecule is [C-]#[N+]C[C@@H]1CN(C)c2cc(F)ccc2O1. The fraction of sp³-hybridized carbons (Fsp3) is 0.364. The van der Waals surface area contributed by atoms with E-state index in [0.29, 0.717) is 18.8 Å². The van der Waals surface area contributed by atoms with Crippen molar-refractivity contribution in [1.29, 1.82) is 0 Å². The smallest absolute Gasteiger partial charge is 0.252 e. The largest absolute Gasteiger partial charge is 0.479 e. The van der Waals surface area contributed by atoms with Crippen molar-refractivity contribution >= 4 is 5.69 Å². The molecule has 0 saturated carbocycles. The van der Waals surface area contributed by atoms with E-state index in [1.54, 1.807) is 6.07 Å². The van der Waals surface area contributed by atoms with Crippen LogP contribution in [0.4, 0.5) is 10.1 Å². The zero-order valence-electron chi connectivity index (χ0n) is 8.40. The Morgan fingerprint density at radius 2 is 2.47 bits per heavy atom. The lowest BCUT2D eigenvalue weighted by Crippen LogP contribution is -2.39. The summed E-state index contributed by atoms with van der Waals surface area (Å²) in [5.74, 6) is 0.381. The third-order valence-corrected chi connectivity index (χ3v) is 2.40. The number of fused-ring (bicyclic) bond motifs is 1. The first-order chi connectivity index (χ1) is 7.20. The fourth-order valence-electron chi connectivity index (χ4n) is 1.71. The summed E-state index contributed by atoms with van der Waals surface area (Å²) >= 11 is 0. The average molecular weight is 206 g/mol. The Hall–Kier alpha value is -1.76. The minimum Gasteiger partial charge on any atom is -0.479 e. The Bertz CT molecular complexity index is 414. The first-order valence-corrected chi connectivity index (χ1v) is 4.71. The third kappa shape index (κ3) is 1.86. The van der Waals surface area contributed by atoms with Crippen LogP contribution in [0, 0.1) is 12.4 Å². The van der Waals surface area contributed by atoms with Crippen LogP contribution < -0.4 is 9.64 Å². The molecule has 1 atom stereocenters. The van der Waals surface area contributed by atoms with Crippen molar-refractivity contribution in [2.24, 2.45) is 0 Å². The van der Waals surface area contributed by atoms with Crippen molar-refractivity contribution in [3.8, 4) is 5.75 Å². The van der Waals surface area contributed by atoms with E-state index in [1.165, 1.54) is 12.1 Å². The zero-order valence-corrected chi connectivity index (χ0v) is 8.40. The van der Waals surface area contributed by atoms with Crippen molar-refractivity contribution in [3.05, 3.63) is 35.4 Å². The number of anilines is 1. The molecule has 0 aromatic heterocycles. The molecular weight excluding hydrogens is 195 g/mol. The van der Waals surface area contributed by atoms with Crippen molar-refractivity contribution in [1.82, 2.24) is 0 Å². The van der Waals surface area contributed by atoms with Crippen LogP contribution in [-0.2, 0) is 0 Å². The molecule has 0 aliphatic carbocycles. The molecule has 0 fully saturated rings. The Morgan fingerprint density at radius 3 is 3.20 bits per heavy atom. The van der Waals surface area contributed by atoms with E-state index in [1.807, 2.05) is 11.9 Å². The molecule has 1 aromatic rings. The molecule has 0 bridgehead atoms. The van der Waals surface area contributed by atoms with Gasteiger partial charge in [-0.15, -0.1) is 0 Å². The number of likely N-dealkylation sites (N-methyl/N-ethyl adjacent to an activating group) is 1. The van der Waals surface area contributed by atoms with Crippen LogP contribution in [0.25, 0.3) is 4.85 Å². The molecular formula is C11H11FN2O. The van der Waals surface area contributed by atoms with E-state index in [0.717, 1.165) is 5.69 Å². The lowest BCUT2D eigenvalue weighted by Gasteiger charge is -2.31. The molecule has 0 radical (unpaired) electrons. The minimum atomic E-state index is -0.271. The normalized spacial score (nSPS) is 19.0. The molecule has 0 unspecified atom stereocenters. The van der Waals surface area contributed by atoms with E-state index in [2.05, 4.69) is 4.85 Å². The number of benzene rings is 1. The van der Waals surface area contributed by atoms with Crippen LogP contribution in [0.1, 0.15) is 0 Å². The second kappa shape index (κ2) is 3.77. The fourth-order valence-corrected chi connectivity index (χ4v) is 1.71. The summed E-state index contributed by atoms with van der Waals surface area (Å²) in [6.45, 7) is 7.75. The molecule has 15 heavy (non-hydrogen) atoms. The van der Waals surface area contributed by atoms with Gasteiger partial charge in [0.05, 0.1) is 12.2 Å². The second-order valence-corrected chi connectivity index (χ2v) is 3.57. The molecule has 0 spiro atoms. The molecule has 78 valence electrons. The number of nitrogens with zero attached hydrogens (tertiary/aromatic N) is 2. The zero-order chi connectivity index (χ0) is 10.8. The van der Waals surface area contributed by atoms with Gasteiger partial charge in [0.2, 0.25) is 0 Å². The number of ether oxygens (including phenoxy) is 1. The lowest BCUT2D eigenvalue weighted by atomic mass is 10.2. The van der Waals surface area contributed by atoms with Crippen molar-refractivity contribution < 1.29 is 9.13 Å². The van der Waals surface area contributed by atoms with E-state index in [-0.39, 0.29) is 11.9 Å². The van der Waals surface area contributed by atoms with Crippen LogP contribution in [0.15, 0.2) is 18.2 Å². The molecule has 1 aliphatic rings. The number of halogens is 1. The van der Waals surface area contributed by atoms with Gasteiger partial charge in [0.1, 0.15) is 11.6 Å². The summed E-state index contributed by atoms with van der Waals surface area (Å²) in [6, 6.07) is 4.42. The van der Waals surface area contributed by atoms with Crippen molar-refractivity contribution in [2.75, 3.05) is 25.0 Å². The predicted molar refractivity (Wildman–Crippen MR) is 55.6 cm³/mol. The number of hydrogen-bond donors (Lipinski definition) is 0. The molecule has 0 saturated heterocycles. The summed E-state index contributed by atoms with van der Waals surface area (Å²) in [5.41, 5.74) is 0.747. The van der Waals surface area contributed by atoms with Gasteiger partial charge in [-0.2, -0.15) is 0 Å². The first-order valence-electron chi connectivity index (χ1n) is 4.71. The van der Waals surface area contributed by atoms with Crippen LogP contribution in [0.5, 0.6) is 5.75 Å². The van der Waals surface area contributed by atoms with Crippen LogP contribution in [0.2, 0.25) is 0 Å². The summed E-state index contributed by atoms with van der Waals surface area (Å²) in [4.78, 5) is 5.22.